The smallest absolute Gasteiger partial charge is 0.354 e. The number of nitrogens with zero attached hydrogens (tertiary/aromatic N) is 2. The summed E-state index contributed by atoms with van der Waals surface area (Å²) < 4.78 is 4.73. The summed E-state index contributed by atoms with van der Waals surface area (Å²) in [6, 6.07) is 6.22. The first-order valence-electron chi connectivity index (χ1n) is 7.38. The highest BCUT2D eigenvalue weighted by Crippen LogP contribution is 2.23. The molecule has 1 aliphatic rings. The molecule has 22 heavy (non-hydrogen) atoms. The van der Waals surface area contributed by atoms with Crippen LogP contribution in [0.3, 0.4) is 0 Å². The molecule has 1 fully saturated rings. The minimum Gasteiger partial charge on any atom is -0.464 e. The molecule has 3 rings (SSSR count). The van der Waals surface area contributed by atoms with Gasteiger partial charge in [0.25, 0.3) is 0 Å². The zero-order valence-electron chi connectivity index (χ0n) is 12.6. The van der Waals surface area contributed by atoms with Crippen molar-refractivity contribution in [1.29, 1.82) is 0 Å². The van der Waals surface area contributed by atoms with Crippen LogP contribution in [0.2, 0.25) is 0 Å². The van der Waals surface area contributed by atoms with Crippen LogP contribution in [-0.2, 0) is 11.3 Å². The van der Waals surface area contributed by atoms with Gasteiger partial charge in [-0.1, -0.05) is 6.07 Å². The summed E-state index contributed by atoms with van der Waals surface area (Å²) in [4.78, 5) is 21.1. The van der Waals surface area contributed by atoms with E-state index in [0.29, 0.717) is 11.7 Å². The van der Waals surface area contributed by atoms with Gasteiger partial charge in [0.2, 0.25) is 0 Å². The Morgan fingerprint density at radius 1 is 1.55 bits per heavy atom. The Kier molecular flexibility index (Phi) is 4.50. The highest BCUT2D eigenvalue weighted by atomic mass is 16.5. The van der Waals surface area contributed by atoms with Crippen molar-refractivity contribution in [3.05, 3.63) is 53.6 Å². The Morgan fingerprint density at radius 3 is 3.23 bits per heavy atom. The number of esters is 1. The molecule has 1 atom stereocenters. The van der Waals surface area contributed by atoms with Crippen molar-refractivity contribution in [3.8, 4) is 0 Å². The van der Waals surface area contributed by atoms with Gasteiger partial charge in [0, 0.05) is 50.8 Å². The fourth-order valence-corrected chi connectivity index (χ4v) is 2.83. The molecular formula is C16H20N4O2. The van der Waals surface area contributed by atoms with Gasteiger partial charge < -0.3 is 15.0 Å². The molecule has 0 bridgehead atoms. The third-order valence-corrected chi connectivity index (χ3v) is 3.96. The van der Waals surface area contributed by atoms with Gasteiger partial charge in [-0.15, -0.1) is 0 Å². The van der Waals surface area contributed by atoms with E-state index in [-0.39, 0.29) is 5.97 Å². The van der Waals surface area contributed by atoms with Gasteiger partial charge in [-0.3, -0.25) is 9.88 Å². The summed E-state index contributed by atoms with van der Waals surface area (Å²) in [6.45, 7) is 3.61. The largest absolute Gasteiger partial charge is 0.464 e. The Bertz CT molecular complexity index is 626. The van der Waals surface area contributed by atoms with Crippen LogP contribution in [0.25, 0.3) is 0 Å². The lowest BCUT2D eigenvalue weighted by atomic mass is 10.0. The van der Waals surface area contributed by atoms with Crippen molar-refractivity contribution in [2.75, 3.05) is 26.7 Å². The number of aromatic nitrogens is 2. The summed E-state index contributed by atoms with van der Waals surface area (Å²) in [7, 11) is 1.39. The first-order chi connectivity index (χ1) is 10.8. The van der Waals surface area contributed by atoms with E-state index in [1.54, 1.807) is 6.20 Å². The number of methoxy groups -OCH3 is 1. The number of piperazine rings is 1. The molecule has 0 aromatic carbocycles. The molecule has 1 aliphatic heterocycles. The monoisotopic (exact) mass is 300 g/mol. The number of carbonyl (C=O) groups excluding carboxylic acids is 1. The van der Waals surface area contributed by atoms with E-state index >= 15 is 0 Å². The zero-order chi connectivity index (χ0) is 15.4. The number of hydrogen-bond donors (Lipinski definition) is 2. The second-order valence-corrected chi connectivity index (χ2v) is 5.39. The van der Waals surface area contributed by atoms with Crippen LogP contribution in [-0.4, -0.2) is 47.6 Å². The number of carbonyl (C=O) groups is 1. The Morgan fingerprint density at radius 2 is 2.45 bits per heavy atom. The maximum Gasteiger partial charge on any atom is 0.354 e. The molecule has 2 N–H and O–H groups in total. The molecule has 0 spiro atoms. The van der Waals surface area contributed by atoms with Crippen LogP contribution in [0.5, 0.6) is 0 Å². The van der Waals surface area contributed by atoms with Gasteiger partial charge in [-0.25, -0.2) is 4.79 Å². The molecule has 0 aliphatic carbocycles. The fourth-order valence-electron chi connectivity index (χ4n) is 2.83. The topological polar surface area (TPSA) is 70.2 Å². The van der Waals surface area contributed by atoms with Crippen molar-refractivity contribution < 1.29 is 9.53 Å². The van der Waals surface area contributed by atoms with Gasteiger partial charge >= 0.3 is 5.97 Å². The molecule has 6 heteroatoms. The molecular weight excluding hydrogens is 280 g/mol. The average Bonchev–Trinajstić information content (AvgIpc) is 3.04. The maximum absolute atomic E-state index is 11.5. The van der Waals surface area contributed by atoms with E-state index in [9.17, 15) is 4.79 Å². The summed E-state index contributed by atoms with van der Waals surface area (Å²) in [6.07, 6.45) is 5.58. The molecule has 2 aromatic rings. The van der Waals surface area contributed by atoms with E-state index < -0.39 is 0 Å². The molecule has 1 saturated heterocycles. The predicted molar refractivity (Wildman–Crippen MR) is 82.4 cm³/mol. The number of aromatic amines is 1. The minimum atomic E-state index is -0.338. The lowest BCUT2D eigenvalue weighted by Gasteiger charge is -2.36. The molecule has 116 valence electrons. The van der Waals surface area contributed by atoms with Gasteiger partial charge in [-0.05, 0) is 23.3 Å². The van der Waals surface area contributed by atoms with Crippen LogP contribution in [0, 0.1) is 0 Å². The maximum atomic E-state index is 11.5. The molecule has 2 aromatic heterocycles. The van der Waals surface area contributed by atoms with Gasteiger partial charge in [0.15, 0.2) is 0 Å². The Labute approximate surface area is 129 Å². The first kappa shape index (κ1) is 14.7. The van der Waals surface area contributed by atoms with Crippen molar-refractivity contribution in [2.24, 2.45) is 0 Å². The van der Waals surface area contributed by atoms with Gasteiger partial charge in [-0.2, -0.15) is 0 Å². The van der Waals surface area contributed by atoms with Gasteiger partial charge in [0.05, 0.1) is 7.11 Å². The van der Waals surface area contributed by atoms with E-state index in [1.807, 2.05) is 24.5 Å². The summed E-state index contributed by atoms with van der Waals surface area (Å²) in [5.41, 5.74) is 2.78. The molecule has 0 radical (unpaired) electrons. The number of hydrogen-bond acceptors (Lipinski definition) is 5. The van der Waals surface area contributed by atoms with Crippen molar-refractivity contribution in [2.45, 2.75) is 12.6 Å². The molecule has 6 nitrogen and oxygen atoms in total. The average molecular weight is 300 g/mol. The van der Waals surface area contributed by atoms with E-state index in [2.05, 4.69) is 26.3 Å². The van der Waals surface area contributed by atoms with Crippen molar-refractivity contribution >= 4 is 5.97 Å². The highest BCUT2D eigenvalue weighted by Gasteiger charge is 2.24. The number of rotatable bonds is 4. The third-order valence-electron chi connectivity index (χ3n) is 3.96. The summed E-state index contributed by atoms with van der Waals surface area (Å²) in [5.74, 6) is -0.338. The minimum absolute atomic E-state index is 0.291. The second-order valence-electron chi connectivity index (χ2n) is 5.39. The van der Waals surface area contributed by atoms with Gasteiger partial charge in [0.1, 0.15) is 5.69 Å². The SMILES string of the molecule is COC(=O)c1cc(CN2CCNCC2c2cccnc2)c[nH]1. The lowest BCUT2D eigenvalue weighted by Crippen LogP contribution is -2.45. The van der Waals surface area contributed by atoms with Crippen LogP contribution in [0.15, 0.2) is 36.8 Å². The number of nitrogens with one attached hydrogen (secondary N) is 2. The van der Waals surface area contributed by atoms with E-state index in [0.717, 1.165) is 31.7 Å². The molecule has 0 saturated carbocycles. The zero-order valence-corrected chi connectivity index (χ0v) is 12.6. The van der Waals surface area contributed by atoms with Crippen LogP contribution in [0.1, 0.15) is 27.7 Å². The molecule has 3 heterocycles. The van der Waals surface area contributed by atoms with Crippen LogP contribution in [0.4, 0.5) is 0 Å². The fraction of sp³-hybridized carbons (Fsp3) is 0.375. The summed E-state index contributed by atoms with van der Waals surface area (Å²) in [5, 5.41) is 3.43. The quantitative estimate of drug-likeness (QED) is 0.834. The van der Waals surface area contributed by atoms with Crippen LogP contribution >= 0.6 is 0 Å². The number of pyridine rings is 1. The highest BCUT2D eigenvalue weighted by molar-refractivity contribution is 5.87. The third kappa shape index (κ3) is 3.18. The Hall–Kier alpha value is -2.18. The molecule has 1 unspecified atom stereocenters. The van der Waals surface area contributed by atoms with Crippen LogP contribution < -0.4 is 5.32 Å². The number of H-pyrrole nitrogens is 1. The van der Waals surface area contributed by atoms with E-state index in [1.165, 1.54) is 12.7 Å². The second kappa shape index (κ2) is 6.72. The lowest BCUT2D eigenvalue weighted by molar-refractivity contribution is 0.0594. The first-order valence-corrected chi connectivity index (χ1v) is 7.38. The predicted octanol–water partition coefficient (Wildman–Crippen LogP) is 1.34. The Balaban J connectivity index is 1.74. The van der Waals surface area contributed by atoms with Crippen molar-refractivity contribution in [1.82, 2.24) is 20.2 Å². The van der Waals surface area contributed by atoms with E-state index in [4.69, 9.17) is 4.74 Å². The normalized spacial score (nSPS) is 19.0. The standard InChI is InChI=1S/C16H20N4O2/c1-22-16(21)14-7-12(8-19-14)11-20-6-5-18-10-15(20)13-3-2-4-17-9-13/h2-4,7-9,15,18-19H,5-6,10-11H2,1H3. The molecule has 0 amide bonds. The summed E-state index contributed by atoms with van der Waals surface area (Å²) >= 11 is 0. The van der Waals surface area contributed by atoms with Crippen molar-refractivity contribution in [3.63, 3.8) is 0 Å². The number of ether oxygens (including phenoxy) is 1.